The molecule has 0 aliphatic heterocycles. The van der Waals surface area contributed by atoms with Crippen molar-refractivity contribution in [1.82, 2.24) is 9.88 Å². The van der Waals surface area contributed by atoms with Crippen molar-refractivity contribution >= 4 is 11.7 Å². The molecule has 2 aromatic rings. The highest BCUT2D eigenvalue weighted by atomic mass is 16.2. The first-order valence-corrected chi connectivity index (χ1v) is 6.96. The maximum atomic E-state index is 12.5. The molecular formula is C16H20N4O. The first-order chi connectivity index (χ1) is 10.2. The fraction of sp³-hybridized carbons (Fsp3) is 0.250. The number of hydrogen-bond acceptors (Lipinski definition) is 4. The first-order valence-electron chi connectivity index (χ1n) is 6.96. The molecule has 0 bridgehead atoms. The van der Waals surface area contributed by atoms with Crippen LogP contribution in [0.4, 0.5) is 5.82 Å². The van der Waals surface area contributed by atoms with Crippen LogP contribution < -0.4 is 11.5 Å². The van der Waals surface area contributed by atoms with Crippen LogP contribution in [0.1, 0.15) is 16.1 Å². The molecular weight excluding hydrogens is 264 g/mol. The van der Waals surface area contributed by atoms with Gasteiger partial charge >= 0.3 is 0 Å². The number of hydrogen-bond donors (Lipinski definition) is 2. The summed E-state index contributed by atoms with van der Waals surface area (Å²) in [6, 6.07) is 15.1. The molecule has 2 rings (SSSR count). The van der Waals surface area contributed by atoms with E-state index in [1.54, 1.807) is 23.1 Å². The lowest BCUT2D eigenvalue weighted by Gasteiger charge is -2.21. The highest BCUT2D eigenvalue weighted by molar-refractivity contribution is 5.92. The highest BCUT2D eigenvalue weighted by Crippen LogP contribution is 2.07. The SMILES string of the molecule is NCCN(CCc1ccccc1)C(=O)c1cccc(N)n1. The van der Waals surface area contributed by atoms with Gasteiger partial charge in [-0.2, -0.15) is 0 Å². The van der Waals surface area contributed by atoms with Crippen molar-refractivity contribution in [1.29, 1.82) is 0 Å². The Kier molecular flexibility index (Phi) is 5.29. The summed E-state index contributed by atoms with van der Waals surface area (Å²) >= 11 is 0. The quantitative estimate of drug-likeness (QED) is 0.837. The topological polar surface area (TPSA) is 85.2 Å². The van der Waals surface area contributed by atoms with E-state index in [1.807, 2.05) is 30.3 Å². The van der Waals surface area contributed by atoms with E-state index in [-0.39, 0.29) is 5.91 Å². The molecule has 5 nitrogen and oxygen atoms in total. The maximum Gasteiger partial charge on any atom is 0.272 e. The highest BCUT2D eigenvalue weighted by Gasteiger charge is 2.16. The van der Waals surface area contributed by atoms with E-state index in [0.29, 0.717) is 31.1 Å². The summed E-state index contributed by atoms with van der Waals surface area (Å²) in [4.78, 5) is 18.3. The van der Waals surface area contributed by atoms with Crippen molar-refractivity contribution in [2.24, 2.45) is 5.73 Å². The zero-order valence-electron chi connectivity index (χ0n) is 11.9. The number of nitrogens with two attached hydrogens (primary N) is 2. The molecule has 0 saturated carbocycles. The van der Waals surface area contributed by atoms with Gasteiger partial charge in [0, 0.05) is 19.6 Å². The number of carbonyl (C=O) groups is 1. The van der Waals surface area contributed by atoms with E-state index < -0.39 is 0 Å². The van der Waals surface area contributed by atoms with Crippen LogP contribution in [0.2, 0.25) is 0 Å². The largest absolute Gasteiger partial charge is 0.384 e. The van der Waals surface area contributed by atoms with Crippen molar-refractivity contribution in [3.05, 3.63) is 59.8 Å². The van der Waals surface area contributed by atoms with Gasteiger partial charge in [0.25, 0.3) is 5.91 Å². The molecule has 1 aromatic heterocycles. The number of nitrogens with zero attached hydrogens (tertiary/aromatic N) is 2. The second kappa shape index (κ2) is 7.40. The second-order valence-corrected chi connectivity index (χ2v) is 4.76. The number of pyridine rings is 1. The van der Waals surface area contributed by atoms with Crippen molar-refractivity contribution < 1.29 is 4.79 Å². The van der Waals surface area contributed by atoms with Crippen LogP contribution in [0.25, 0.3) is 0 Å². The summed E-state index contributed by atoms with van der Waals surface area (Å²) in [7, 11) is 0. The summed E-state index contributed by atoms with van der Waals surface area (Å²) in [5.41, 5.74) is 12.8. The summed E-state index contributed by atoms with van der Waals surface area (Å²) < 4.78 is 0. The Morgan fingerprint density at radius 1 is 1.05 bits per heavy atom. The third-order valence-corrected chi connectivity index (χ3v) is 3.19. The van der Waals surface area contributed by atoms with Gasteiger partial charge in [-0.3, -0.25) is 4.79 Å². The standard InChI is InChI=1S/C16H20N4O/c17-10-12-20(11-9-13-5-2-1-3-6-13)16(21)14-7-4-8-15(18)19-14/h1-8H,9-12,17H2,(H2,18,19). The van der Waals surface area contributed by atoms with Gasteiger partial charge in [-0.25, -0.2) is 4.98 Å². The fourth-order valence-corrected chi connectivity index (χ4v) is 2.11. The molecule has 0 aliphatic carbocycles. The Bertz CT molecular complexity index is 586. The van der Waals surface area contributed by atoms with E-state index in [4.69, 9.17) is 11.5 Å². The van der Waals surface area contributed by atoms with Crippen LogP contribution in [0, 0.1) is 0 Å². The minimum Gasteiger partial charge on any atom is -0.384 e. The number of rotatable bonds is 6. The molecule has 21 heavy (non-hydrogen) atoms. The zero-order chi connectivity index (χ0) is 15.1. The molecule has 0 aliphatic rings. The number of nitrogen functional groups attached to an aromatic ring is 1. The minimum absolute atomic E-state index is 0.135. The van der Waals surface area contributed by atoms with E-state index in [9.17, 15) is 4.79 Å². The van der Waals surface area contributed by atoms with Crippen molar-refractivity contribution in [3.8, 4) is 0 Å². The van der Waals surface area contributed by atoms with Gasteiger partial charge in [-0.1, -0.05) is 36.4 Å². The van der Waals surface area contributed by atoms with Crippen LogP contribution in [-0.2, 0) is 6.42 Å². The van der Waals surface area contributed by atoms with Gasteiger partial charge in [0.15, 0.2) is 0 Å². The van der Waals surface area contributed by atoms with Crippen LogP contribution in [-0.4, -0.2) is 35.4 Å². The number of anilines is 1. The molecule has 4 N–H and O–H groups in total. The van der Waals surface area contributed by atoms with Gasteiger partial charge in [0.1, 0.15) is 11.5 Å². The predicted octanol–water partition coefficient (Wildman–Crippen LogP) is 1.31. The molecule has 0 fully saturated rings. The summed E-state index contributed by atoms with van der Waals surface area (Å²) in [5.74, 6) is 0.209. The van der Waals surface area contributed by atoms with E-state index in [2.05, 4.69) is 4.98 Å². The molecule has 1 heterocycles. The molecule has 0 spiro atoms. The lowest BCUT2D eigenvalue weighted by Crippen LogP contribution is -2.37. The normalized spacial score (nSPS) is 10.3. The Morgan fingerprint density at radius 2 is 1.81 bits per heavy atom. The third-order valence-electron chi connectivity index (χ3n) is 3.19. The maximum absolute atomic E-state index is 12.5. The Labute approximate surface area is 124 Å². The van der Waals surface area contributed by atoms with Gasteiger partial charge in [0.05, 0.1) is 0 Å². The van der Waals surface area contributed by atoms with Crippen molar-refractivity contribution in [2.45, 2.75) is 6.42 Å². The molecule has 1 amide bonds. The fourth-order valence-electron chi connectivity index (χ4n) is 2.11. The molecule has 0 unspecified atom stereocenters. The average molecular weight is 284 g/mol. The third kappa shape index (κ3) is 4.29. The number of aromatic nitrogens is 1. The molecule has 5 heteroatoms. The first kappa shape index (κ1) is 15.0. The molecule has 0 radical (unpaired) electrons. The van der Waals surface area contributed by atoms with Crippen molar-refractivity contribution in [2.75, 3.05) is 25.4 Å². The summed E-state index contributed by atoms with van der Waals surface area (Å²) in [5, 5.41) is 0. The smallest absolute Gasteiger partial charge is 0.272 e. The van der Waals surface area contributed by atoms with Crippen molar-refractivity contribution in [3.63, 3.8) is 0 Å². The van der Waals surface area contributed by atoms with Gasteiger partial charge in [-0.15, -0.1) is 0 Å². The van der Waals surface area contributed by atoms with Crippen LogP contribution in [0.15, 0.2) is 48.5 Å². The molecule has 0 atom stereocenters. The van der Waals surface area contributed by atoms with E-state index >= 15 is 0 Å². The lowest BCUT2D eigenvalue weighted by molar-refractivity contribution is 0.0756. The van der Waals surface area contributed by atoms with E-state index in [1.165, 1.54) is 5.56 Å². The number of benzene rings is 1. The molecule has 1 aromatic carbocycles. The van der Waals surface area contributed by atoms with Crippen LogP contribution >= 0.6 is 0 Å². The minimum atomic E-state index is -0.135. The molecule has 0 saturated heterocycles. The number of carbonyl (C=O) groups excluding carboxylic acids is 1. The van der Waals surface area contributed by atoms with Gasteiger partial charge in [0.2, 0.25) is 0 Å². The number of amides is 1. The Morgan fingerprint density at radius 3 is 2.48 bits per heavy atom. The van der Waals surface area contributed by atoms with E-state index in [0.717, 1.165) is 6.42 Å². The Balaban J connectivity index is 2.06. The lowest BCUT2D eigenvalue weighted by atomic mass is 10.1. The van der Waals surface area contributed by atoms with Crippen LogP contribution in [0.3, 0.4) is 0 Å². The predicted molar refractivity (Wildman–Crippen MR) is 83.8 cm³/mol. The van der Waals surface area contributed by atoms with Gasteiger partial charge in [-0.05, 0) is 24.1 Å². The van der Waals surface area contributed by atoms with Crippen LogP contribution in [0.5, 0.6) is 0 Å². The summed E-state index contributed by atoms with van der Waals surface area (Å²) in [6.07, 6.45) is 0.787. The Hall–Kier alpha value is -2.40. The van der Waals surface area contributed by atoms with Gasteiger partial charge < -0.3 is 16.4 Å². The average Bonchev–Trinajstić information content (AvgIpc) is 2.52. The second-order valence-electron chi connectivity index (χ2n) is 4.76. The zero-order valence-corrected chi connectivity index (χ0v) is 11.9. The monoisotopic (exact) mass is 284 g/mol. The summed E-state index contributed by atoms with van der Waals surface area (Å²) in [6.45, 7) is 1.53. The molecule has 110 valence electrons.